The maximum absolute atomic E-state index is 12.5. The van der Waals surface area contributed by atoms with Crippen molar-refractivity contribution in [2.45, 2.75) is 39.5 Å². The molecule has 1 aromatic carbocycles. The number of benzene rings is 1. The van der Waals surface area contributed by atoms with E-state index in [1.54, 1.807) is 6.92 Å². The number of aromatic carboxylic acids is 1. The van der Waals surface area contributed by atoms with E-state index in [9.17, 15) is 9.59 Å². The molecular formula is C17H20N2O3S. The van der Waals surface area contributed by atoms with Crippen molar-refractivity contribution in [1.29, 1.82) is 0 Å². The fourth-order valence-corrected chi connectivity index (χ4v) is 3.18. The first-order chi connectivity index (χ1) is 11.0. The predicted molar refractivity (Wildman–Crippen MR) is 91.3 cm³/mol. The number of thiazole rings is 1. The zero-order chi connectivity index (χ0) is 17.0. The Morgan fingerprint density at radius 2 is 1.87 bits per heavy atom. The molecule has 5 nitrogen and oxygen atoms in total. The monoisotopic (exact) mass is 332 g/mol. The van der Waals surface area contributed by atoms with Gasteiger partial charge in [0.2, 0.25) is 5.91 Å². The Bertz CT molecular complexity index is 702. The van der Waals surface area contributed by atoms with Gasteiger partial charge < -0.3 is 10.4 Å². The number of carbonyl (C=O) groups is 2. The predicted octanol–water partition coefficient (Wildman–Crippen LogP) is 3.71. The van der Waals surface area contributed by atoms with Crippen molar-refractivity contribution in [1.82, 2.24) is 4.98 Å². The van der Waals surface area contributed by atoms with Crippen LogP contribution in [0.1, 0.15) is 53.3 Å². The maximum atomic E-state index is 12.5. The SMILES string of the molecule is CCc1cccc(CC)c1NC(=O)[C@@H](C)c1nc(C(=O)O)cs1. The maximum Gasteiger partial charge on any atom is 0.355 e. The van der Waals surface area contributed by atoms with Crippen molar-refractivity contribution in [3.05, 3.63) is 45.4 Å². The van der Waals surface area contributed by atoms with Crippen LogP contribution in [-0.4, -0.2) is 22.0 Å². The molecule has 2 N–H and O–H groups in total. The van der Waals surface area contributed by atoms with E-state index >= 15 is 0 Å². The summed E-state index contributed by atoms with van der Waals surface area (Å²) in [4.78, 5) is 27.5. The number of carboxylic acids is 1. The zero-order valence-electron chi connectivity index (χ0n) is 13.4. The Hall–Kier alpha value is -2.21. The molecule has 6 heteroatoms. The second-order valence-corrected chi connectivity index (χ2v) is 6.14. The topological polar surface area (TPSA) is 79.3 Å². The molecule has 0 aliphatic rings. The first-order valence-corrected chi connectivity index (χ1v) is 8.46. The van der Waals surface area contributed by atoms with Crippen molar-refractivity contribution in [2.75, 3.05) is 5.32 Å². The number of hydrogen-bond acceptors (Lipinski definition) is 4. The average molecular weight is 332 g/mol. The number of carboxylic acid groups (broad SMARTS) is 1. The average Bonchev–Trinajstić information content (AvgIpc) is 3.04. The lowest BCUT2D eigenvalue weighted by Crippen LogP contribution is -2.20. The molecular weight excluding hydrogens is 312 g/mol. The fourth-order valence-electron chi connectivity index (χ4n) is 2.33. The van der Waals surface area contributed by atoms with E-state index in [1.807, 2.05) is 32.0 Å². The smallest absolute Gasteiger partial charge is 0.355 e. The highest BCUT2D eigenvalue weighted by Gasteiger charge is 2.22. The molecule has 1 heterocycles. The van der Waals surface area contributed by atoms with Crippen LogP contribution in [0.25, 0.3) is 0 Å². The van der Waals surface area contributed by atoms with Crippen molar-refractivity contribution in [2.24, 2.45) is 0 Å². The van der Waals surface area contributed by atoms with E-state index in [2.05, 4.69) is 10.3 Å². The van der Waals surface area contributed by atoms with Gasteiger partial charge in [-0.25, -0.2) is 9.78 Å². The van der Waals surface area contributed by atoms with Gasteiger partial charge in [0, 0.05) is 11.1 Å². The highest BCUT2D eigenvalue weighted by Crippen LogP contribution is 2.26. The first-order valence-electron chi connectivity index (χ1n) is 7.58. The Kier molecular flexibility index (Phi) is 5.50. The second-order valence-electron chi connectivity index (χ2n) is 5.25. The molecule has 0 saturated heterocycles. The Labute approximate surface area is 139 Å². The number of para-hydroxylation sites is 1. The number of aryl methyl sites for hydroxylation is 2. The van der Waals surface area contributed by atoms with Crippen molar-refractivity contribution in [3.8, 4) is 0 Å². The molecule has 0 saturated carbocycles. The van der Waals surface area contributed by atoms with E-state index in [4.69, 9.17) is 5.11 Å². The number of amides is 1. The number of nitrogens with zero attached hydrogens (tertiary/aromatic N) is 1. The third-order valence-electron chi connectivity index (χ3n) is 3.75. The van der Waals surface area contributed by atoms with Gasteiger partial charge in [-0.1, -0.05) is 32.0 Å². The van der Waals surface area contributed by atoms with Crippen LogP contribution in [0.15, 0.2) is 23.6 Å². The Balaban J connectivity index is 2.22. The van der Waals surface area contributed by atoms with Crippen LogP contribution in [0.5, 0.6) is 0 Å². The third-order valence-corrected chi connectivity index (χ3v) is 4.78. The van der Waals surface area contributed by atoms with Gasteiger partial charge >= 0.3 is 5.97 Å². The summed E-state index contributed by atoms with van der Waals surface area (Å²) < 4.78 is 0. The van der Waals surface area contributed by atoms with Crippen LogP contribution in [0.3, 0.4) is 0 Å². The summed E-state index contributed by atoms with van der Waals surface area (Å²) in [6.45, 7) is 5.83. The molecule has 0 fully saturated rings. The second kappa shape index (κ2) is 7.37. The zero-order valence-corrected chi connectivity index (χ0v) is 14.2. The van der Waals surface area contributed by atoms with Gasteiger partial charge in [0.1, 0.15) is 5.01 Å². The first kappa shape index (κ1) is 17.1. The Morgan fingerprint density at radius 3 is 2.35 bits per heavy atom. The number of hydrogen-bond donors (Lipinski definition) is 2. The van der Waals surface area contributed by atoms with Crippen molar-refractivity contribution in [3.63, 3.8) is 0 Å². The highest BCUT2D eigenvalue weighted by molar-refractivity contribution is 7.10. The Morgan fingerprint density at radius 1 is 1.26 bits per heavy atom. The van der Waals surface area contributed by atoms with Crippen LogP contribution in [0.4, 0.5) is 5.69 Å². The van der Waals surface area contributed by atoms with Crippen LogP contribution in [-0.2, 0) is 17.6 Å². The van der Waals surface area contributed by atoms with Crippen molar-refractivity contribution >= 4 is 28.9 Å². The van der Waals surface area contributed by atoms with Crippen LogP contribution >= 0.6 is 11.3 Å². The molecule has 2 rings (SSSR count). The molecule has 0 bridgehead atoms. The lowest BCUT2D eigenvalue weighted by molar-refractivity contribution is -0.117. The summed E-state index contributed by atoms with van der Waals surface area (Å²) in [5.74, 6) is -1.75. The molecule has 2 aromatic rings. The molecule has 122 valence electrons. The molecule has 0 spiro atoms. The lowest BCUT2D eigenvalue weighted by atomic mass is 10.0. The van der Waals surface area contributed by atoms with Gasteiger partial charge in [-0.15, -0.1) is 11.3 Å². The minimum Gasteiger partial charge on any atom is -0.476 e. The van der Waals surface area contributed by atoms with E-state index in [0.717, 1.165) is 29.7 Å². The molecule has 0 aliphatic carbocycles. The number of aromatic nitrogens is 1. The normalized spacial score (nSPS) is 12.0. The number of carbonyl (C=O) groups excluding carboxylic acids is 1. The number of rotatable bonds is 6. The molecule has 1 amide bonds. The summed E-state index contributed by atoms with van der Waals surface area (Å²) in [5.41, 5.74) is 3.03. The highest BCUT2D eigenvalue weighted by atomic mass is 32.1. The lowest BCUT2D eigenvalue weighted by Gasteiger charge is -2.16. The van der Waals surface area contributed by atoms with Gasteiger partial charge in [-0.05, 0) is 30.9 Å². The van der Waals surface area contributed by atoms with E-state index < -0.39 is 11.9 Å². The standard InChI is InChI=1S/C17H20N2O3S/c1-4-11-7-6-8-12(5-2)14(11)19-15(20)10(3)16-18-13(9-23-16)17(21)22/h6-10H,4-5H2,1-3H3,(H,19,20)(H,21,22)/t10-/m1/s1. The minimum atomic E-state index is -1.08. The largest absolute Gasteiger partial charge is 0.476 e. The van der Waals surface area contributed by atoms with Crippen LogP contribution in [0, 0.1) is 0 Å². The number of anilines is 1. The molecule has 23 heavy (non-hydrogen) atoms. The van der Waals surface area contributed by atoms with E-state index in [-0.39, 0.29) is 11.6 Å². The number of nitrogens with one attached hydrogen (secondary N) is 1. The molecule has 1 atom stereocenters. The summed E-state index contributed by atoms with van der Waals surface area (Å²) in [5, 5.41) is 13.9. The van der Waals surface area contributed by atoms with Gasteiger partial charge in [0.15, 0.2) is 5.69 Å². The van der Waals surface area contributed by atoms with Crippen LogP contribution in [0.2, 0.25) is 0 Å². The molecule has 0 unspecified atom stereocenters. The van der Waals surface area contributed by atoms with E-state index in [0.29, 0.717) is 5.01 Å². The molecule has 0 aliphatic heterocycles. The van der Waals surface area contributed by atoms with Crippen LogP contribution < -0.4 is 5.32 Å². The van der Waals surface area contributed by atoms with Gasteiger partial charge in [0.25, 0.3) is 0 Å². The van der Waals surface area contributed by atoms with Crippen molar-refractivity contribution < 1.29 is 14.7 Å². The molecule has 1 aromatic heterocycles. The third kappa shape index (κ3) is 3.76. The summed E-state index contributed by atoms with van der Waals surface area (Å²) >= 11 is 1.19. The fraction of sp³-hybridized carbons (Fsp3) is 0.353. The minimum absolute atomic E-state index is 0.0205. The van der Waals surface area contributed by atoms with Gasteiger partial charge in [-0.3, -0.25) is 4.79 Å². The summed E-state index contributed by atoms with van der Waals surface area (Å²) in [6.07, 6.45) is 1.66. The molecule has 0 radical (unpaired) electrons. The quantitative estimate of drug-likeness (QED) is 0.845. The summed E-state index contributed by atoms with van der Waals surface area (Å²) in [7, 11) is 0. The summed E-state index contributed by atoms with van der Waals surface area (Å²) in [6, 6.07) is 6.01. The van der Waals surface area contributed by atoms with Gasteiger partial charge in [0.05, 0.1) is 5.92 Å². The van der Waals surface area contributed by atoms with E-state index in [1.165, 1.54) is 16.7 Å². The van der Waals surface area contributed by atoms with Gasteiger partial charge in [-0.2, -0.15) is 0 Å².